The Kier molecular flexibility index (Phi) is 3.88. The second-order valence-corrected chi connectivity index (χ2v) is 6.03. The van der Waals surface area contributed by atoms with Crippen LogP contribution in [0.5, 0.6) is 0 Å². The van der Waals surface area contributed by atoms with Gasteiger partial charge in [-0.1, -0.05) is 13.0 Å². The van der Waals surface area contributed by atoms with Gasteiger partial charge in [0.25, 0.3) is 0 Å². The molecule has 2 N–H and O–H groups in total. The van der Waals surface area contributed by atoms with Gasteiger partial charge in [-0.2, -0.15) is 0 Å². The number of anilines is 1. The van der Waals surface area contributed by atoms with E-state index in [1.54, 1.807) is 0 Å². The van der Waals surface area contributed by atoms with Crippen LogP contribution in [0.25, 0.3) is 10.9 Å². The molecule has 1 aliphatic heterocycles. The zero-order valence-corrected chi connectivity index (χ0v) is 12.2. The van der Waals surface area contributed by atoms with Gasteiger partial charge in [0.05, 0.1) is 5.52 Å². The lowest BCUT2D eigenvalue weighted by molar-refractivity contribution is 0.274. The van der Waals surface area contributed by atoms with Crippen LogP contribution >= 0.6 is 0 Å². The number of hydrogen-bond acceptors (Lipinski definition) is 3. The molecule has 2 aromatic rings. The molecule has 1 aromatic heterocycles. The summed E-state index contributed by atoms with van der Waals surface area (Å²) in [6.45, 7) is 5.74. The van der Waals surface area contributed by atoms with E-state index in [0.717, 1.165) is 29.1 Å². The molecule has 3 nitrogen and oxygen atoms in total. The Labute approximate surface area is 120 Å². The summed E-state index contributed by atoms with van der Waals surface area (Å²) in [6.07, 6.45) is 5.83. The second kappa shape index (κ2) is 5.80. The van der Waals surface area contributed by atoms with Crippen molar-refractivity contribution in [2.45, 2.75) is 32.7 Å². The zero-order valence-electron chi connectivity index (χ0n) is 12.2. The Bertz CT molecular complexity index is 594. The minimum absolute atomic E-state index is 0.821. The Hall–Kier alpha value is -1.61. The van der Waals surface area contributed by atoms with E-state index in [-0.39, 0.29) is 0 Å². The number of aromatic nitrogens is 1. The summed E-state index contributed by atoms with van der Waals surface area (Å²) >= 11 is 0. The smallest absolute Gasteiger partial charge is 0.0767 e. The maximum Gasteiger partial charge on any atom is 0.0767 e. The summed E-state index contributed by atoms with van der Waals surface area (Å²) in [7, 11) is 0. The number of fused-ring (bicyclic) bond motifs is 1. The number of benzene rings is 1. The van der Waals surface area contributed by atoms with E-state index < -0.39 is 0 Å². The highest BCUT2D eigenvalue weighted by Gasteiger charge is 2.15. The number of likely N-dealkylation sites (tertiary alicyclic amines) is 1. The summed E-state index contributed by atoms with van der Waals surface area (Å²) in [4.78, 5) is 7.10. The molecule has 1 unspecified atom stereocenters. The van der Waals surface area contributed by atoms with Crippen LogP contribution in [0, 0.1) is 5.92 Å². The molecule has 1 aromatic carbocycles. The van der Waals surface area contributed by atoms with Gasteiger partial charge in [-0.25, -0.2) is 0 Å². The van der Waals surface area contributed by atoms with Crippen molar-refractivity contribution >= 4 is 16.6 Å². The molecule has 2 heterocycles. The van der Waals surface area contributed by atoms with Crippen LogP contribution in [-0.4, -0.2) is 23.0 Å². The van der Waals surface area contributed by atoms with Gasteiger partial charge in [-0.15, -0.1) is 0 Å². The van der Waals surface area contributed by atoms with Crippen LogP contribution in [0.4, 0.5) is 5.69 Å². The van der Waals surface area contributed by atoms with E-state index in [2.05, 4.69) is 28.9 Å². The minimum atomic E-state index is 0.821. The quantitative estimate of drug-likeness (QED) is 0.849. The van der Waals surface area contributed by atoms with Gasteiger partial charge >= 0.3 is 0 Å². The third-order valence-corrected chi connectivity index (χ3v) is 4.39. The summed E-state index contributed by atoms with van der Waals surface area (Å²) < 4.78 is 0. The largest absolute Gasteiger partial charge is 0.398 e. The molecule has 0 amide bonds. The fraction of sp³-hybridized carbons (Fsp3) is 0.471. The summed E-state index contributed by atoms with van der Waals surface area (Å²) in [5, 5.41) is 1.08. The Morgan fingerprint density at radius 3 is 3.05 bits per heavy atom. The van der Waals surface area contributed by atoms with Crippen LogP contribution in [-0.2, 0) is 6.54 Å². The van der Waals surface area contributed by atoms with Crippen molar-refractivity contribution in [1.82, 2.24) is 9.88 Å². The van der Waals surface area contributed by atoms with E-state index >= 15 is 0 Å². The van der Waals surface area contributed by atoms with E-state index in [1.165, 1.54) is 37.9 Å². The molecule has 1 fully saturated rings. The molecule has 1 aliphatic rings. The van der Waals surface area contributed by atoms with E-state index in [9.17, 15) is 0 Å². The number of rotatable bonds is 2. The predicted molar refractivity (Wildman–Crippen MR) is 84.4 cm³/mol. The predicted octanol–water partition coefficient (Wildman–Crippen LogP) is 3.44. The maximum absolute atomic E-state index is 6.05. The van der Waals surface area contributed by atoms with Crippen LogP contribution in [0.2, 0.25) is 0 Å². The summed E-state index contributed by atoms with van der Waals surface area (Å²) in [5.74, 6) is 0.862. The van der Waals surface area contributed by atoms with Crippen molar-refractivity contribution < 1.29 is 0 Å². The highest BCUT2D eigenvalue weighted by molar-refractivity contribution is 5.92. The molecule has 0 aliphatic carbocycles. The summed E-state index contributed by atoms with van der Waals surface area (Å²) in [5.41, 5.74) is 9.22. The first-order valence-corrected chi connectivity index (χ1v) is 7.58. The number of nitrogens with two attached hydrogens (primary N) is 1. The number of nitrogens with zero attached hydrogens (tertiary/aromatic N) is 2. The number of hydrogen-bond donors (Lipinski definition) is 1. The van der Waals surface area contributed by atoms with Crippen molar-refractivity contribution in [3.63, 3.8) is 0 Å². The SMILES string of the molecule is CC1CCCN(Cc2ccc(N)c3cccnc23)CC1. The highest BCUT2D eigenvalue weighted by atomic mass is 15.1. The van der Waals surface area contributed by atoms with Gasteiger partial charge < -0.3 is 5.73 Å². The third-order valence-electron chi connectivity index (χ3n) is 4.39. The molecule has 0 bridgehead atoms. The molecule has 0 saturated carbocycles. The first kappa shape index (κ1) is 13.4. The van der Waals surface area contributed by atoms with E-state index in [0.29, 0.717) is 0 Å². The van der Waals surface area contributed by atoms with Gasteiger partial charge in [0.15, 0.2) is 0 Å². The average Bonchev–Trinajstić information content (AvgIpc) is 2.67. The lowest BCUT2D eigenvalue weighted by atomic mass is 10.0. The van der Waals surface area contributed by atoms with E-state index in [4.69, 9.17) is 5.73 Å². The summed E-state index contributed by atoms with van der Waals surface area (Å²) in [6, 6.07) is 8.17. The molecule has 1 atom stereocenters. The van der Waals surface area contributed by atoms with Crippen molar-refractivity contribution in [3.05, 3.63) is 36.0 Å². The Morgan fingerprint density at radius 2 is 2.15 bits per heavy atom. The average molecular weight is 269 g/mol. The standard InChI is InChI=1S/C17H23N3/c1-13-4-3-10-20(11-8-13)12-14-6-7-16(18)15-5-2-9-19-17(14)15/h2,5-7,9,13H,3-4,8,10-12,18H2,1H3. The van der Waals surface area contributed by atoms with Gasteiger partial charge in [0, 0.05) is 23.8 Å². The molecule has 3 heteroatoms. The minimum Gasteiger partial charge on any atom is -0.398 e. The second-order valence-electron chi connectivity index (χ2n) is 6.03. The van der Waals surface area contributed by atoms with Gasteiger partial charge in [-0.05, 0) is 62.0 Å². The molecule has 0 radical (unpaired) electrons. The van der Waals surface area contributed by atoms with Gasteiger partial charge in [-0.3, -0.25) is 9.88 Å². The zero-order chi connectivity index (χ0) is 13.9. The van der Waals surface area contributed by atoms with Crippen LogP contribution in [0.1, 0.15) is 31.7 Å². The van der Waals surface area contributed by atoms with Crippen LogP contribution < -0.4 is 5.73 Å². The van der Waals surface area contributed by atoms with Gasteiger partial charge in [0.1, 0.15) is 0 Å². The van der Waals surface area contributed by atoms with Crippen molar-refractivity contribution in [2.24, 2.45) is 5.92 Å². The van der Waals surface area contributed by atoms with Crippen molar-refractivity contribution in [3.8, 4) is 0 Å². The Morgan fingerprint density at radius 1 is 1.25 bits per heavy atom. The van der Waals surface area contributed by atoms with Crippen LogP contribution in [0.15, 0.2) is 30.5 Å². The molecule has 20 heavy (non-hydrogen) atoms. The fourth-order valence-electron chi connectivity index (χ4n) is 3.10. The van der Waals surface area contributed by atoms with Crippen LogP contribution in [0.3, 0.4) is 0 Å². The van der Waals surface area contributed by atoms with E-state index in [1.807, 2.05) is 18.3 Å². The lowest BCUT2D eigenvalue weighted by Gasteiger charge is -2.21. The molecule has 0 spiro atoms. The van der Waals surface area contributed by atoms with Crippen molar-refractivity contribution in [2.75, 3.05) is 18.8 Å². The van der Waals surface area contributed by atoms with Gasteiger partial charge in [0.2, 0.25) is 0 Å². The molecular formula is C17H23N3. The molecule has 106 valence electrons. The third kappa shape index (κ3) is 2.78. The highest BCUT2D eigenvalue weighted by Crippen LogP contribution is 2.25. The Balaban J connectivity index is 1.85. The normalized spacial score (nSPS) is 20.9. The topological polar surface area (TPSA) is 42.1 Å². The number of nitrogen functional groups attached to an aromatic ring is 1. The molecule has 3 rings (SSSR count). The monoisotopic (exact) mass is 269 g/mol. The lowest BCUT2D eigenvalue weighted by Crippen LogP contribution is -2.24. The molecular weight excluding hydrogens is 246 g/mol. The number of pyridine rings is 1. The van der Waals surface area contributed by atoms with Crippen molar-refractivity contribution in [1.29, 1.82) is 0 Å². The first-order valence-electron chi connectivity index (χ1n) is 7.58. The molecule has 1 saturated heterocycles. The fourth-order valence-corrected chi connectivity index (χ4v) is 3.10. The maximum atomic E-state index is 6.05. The first-order chi connectivity index (χ1) is 9.74.